The standard InChI is InChI=1S/C24H18FN5OS/c1-14-12-16(15(2)29(14)17-8-4-3-5-9-17)13-19-21(26)30-24(27-22(19)31)32-23(28-30)18-10-6-7-11-20(18)25/h3-13,26H,1-2H3. The fourth-order valence-corrected chi connectivity index (χ4v) is 4.72. The molecule has 32 heavy (non-hydrogen) atoms. The molecule has 0 bridgehead atoms. The molecule has 0 fully saturated rings. The van der Waals surface area contributed by atoms with E-state index in [4.69, 9.17) is 5.41 Å². The predicted molar refractivity (Wildman–Crippen MR) is 126 cm³/mol. The molecule has 5 rings (SSSR count). The minimum absolute atomic E-state index is 0.0802. The Balaban J connectivity index is 1.53. The molecule has 1 N–H and O–H groups in total. The maximum atomic E-state index is 14.2. The monoisotopic (exact) mass is 443 g/mol. The number of rotatable bonds is 3. The average Bonchev–Trinajstić information content (AvgIpc) is 3.32. The number of aromatic nitrogens is 1. The van der Waals surface area contributed by atoms with E-state index in [-0.39, 0.29) is 16.6 Å². The van der Waals surface area contributed by atoms with Crippen molar-refractivity contribution in [3.05, 3.63) is 94.6 Å². The lowest BCUT2D eigenvalue weighted by Crippen LogP contribution is -2.35. The van der Waals surface area contributed by atoms with Gasteiger partial charge in [-0.1, -0.05) is 30.3 Å². The van der Waals surface area contributed by atoms with Gasteiger partial charge in [0.1, 0.15) is 10.9 Å². The molecular formula is C24H18FN5OS. The first kappa shape index (κ1) is 20.1. The van der Waals surface area contributed by atoms with Crippen LogP contribution in [0.1, 0.15) is 22.5 Å². The summed E-state index contributed by atoms with van der Waals surface area (Å²) in [6, 6.07) is 18.2. The molecule has 0 saturated heterocycles. The zero-order chi connectivity index (χ0) is 22.4. The van der Waals surface area contributed by atoms with Crippen molar-refractivity contribution in [1.29, 1.82) is 5.41 Å². The molecule has 6 nitrogen and oxygen atoms in total. The molecule has 0 aliphatic carbocycles. The molecule has 158 valence electrons. The molecule has 0 saturated carbocycles. The minimum Gasteiger partial charge on any atom is -0.318 e. The number of carbonyl (C=O) groups excluding carboxylic acids is 1. The third kappa shape index (κ3) is 3.29. The second kappa shape index (κ2) is 7.72. The summed E-state index contributed by atoms with van der Waals surface area (Å²) in [4.78, 5) is 16.9. The number of para-hydroxylation sites is 1. The van der Waals surface area contributed by atoms with E-state index in [1.165, 1.54) is 11.1 Å². The van der Waals surface area contributed by atoms with Crippen molar-refractivity contribution < 1.29 is 9.18 Å². The van der Waals surface area contributed by atoms with Crippen LogP contribution < -0.4 is 0 Å². The van der Waals surface area contributed by atoms with Crippen LogP contribution in [0.5, 0.6) is 0 Å². The summed E-state index contributed by atoms with van der Waals surface area (Å²) in [5, 5.41) is 14.9. The Morgan fingerprint density at radius 2 is 1.78 bits per heavy atom. The maximum Gasteiger partial charge on any atom is 0.283 e. The Bertz CT molecular complexity index is 1370. The number of aliphatic imine (C=N–C) groups is 1. The van der Waals surface area contributed by atoms with E-state index >= 15 is 0 Å². The van der Waals surface area contributed by atoms with Crippen LogP contribution in [0, 0.1) is 25.1 Å². The number of thioether (sulfide) groups is 1. The average molecular weight is 444 g/mol. The minimum atomic E-state index is -0.511. The van der Waals surface area contributed by atoms with E-state index in [0.717, 1.165) is 34.4 Å². The molecule has 3 aromatic rings. The maximum absolute atomic E-state index is 14.2. The van der Waals surface area contributed by atoms with Crippen molar-refractivity contribution in [2.75, 3.05) is 0 Å². The van der Waals surface area contributed by atoms with Crippen LogP contribution in [0.15, 0.2) is 76.3 Å². The number of aryl methyl sites for hydroxylation is 1. The quantitative estimate of drug-likeness (QED) is 0.585. The highest BCUT2D eigenvalue weighted by atomic mass is 32.2. The predicted octanol–water partition coefficient (Wildman–Crippen LogP) is 4.90. The van der Waals surface area contributed by atoms with Gasteiger partial charge in [0, 0.05) is 22.6 Å². The van der Waals surface area contributed by atoms with E-state index in [1.54, 1.807) is 24.3 Å². The van der Waals surface area contributed by atoms with Gasteiger partial charge in [-0.25, -0.2) is 4.39 Å². The summed E-state index contributed by atoms with van der Waals surface area (Å²) >= 11 is 1.08. The van der Waals surface area contributed by atoms with Crippen molar-refractivity contribution in [2.45, 2.75) is 13.8 Å². The summed E-state index contributed by atoms with van der Waals surface area (Å²) in [6.45, 7) is 3.96. The van der Waals surface area contributed by atoms with Gasteiger partial charge in [-0.05, 0) is 67.6 Å². The number of amides is 1. The number of hydrazone groups is 1. The molecule has 0 atom stereocenters. The molecule has 0 spiro atoms. The van der Waals surface area contributed by atoms with Crippen molar-refractivity contribution in [2.24, 2.45) is 10.1 Å². The molecule has 1 aromatic heterocycles. The number of nitrogens with zero attached hydrogens (tertiary/aromatic N) is 4. The van der Waals surface area contributed by atoms with Crippen LogP contribution in [-0.4, -0.2) is 31.5 Å². The number of nitrogens with one attached hydrogen (secondary N) is 1. The van der Waals surface area contributed by atoms with Crippen LogP contribution in [0.2, 0.25) is 0 Å². The highest BCUT2D eigenvalue weighted by Crippen LogP contribution is 2.32. The van der Waals surface area contributed by atoms with E-state index in [0.29, 0.717) is 10.6 Å². The molecule has 2 aromatic carbocycles. The second-order valence-corrected chi connectivity index (χ2v) is 8.36. The first-order chi connectivity index (χ1) is 15.4. The Morgan fingerprint density at radius 3 is 2.53 bits per heavy atom. The molecule has 2 aliphatic rings. The number of benzene rings is 2. The van der Waals surface area contributed by atoms with Crippen molar-refractivity contribution in [3.8, 4) is 5.69 Å². The number of carbonyl (C=O) groups is 1. The van der Waals surface area contributed by atoms with Gasteiger partial charge in [0.15, 0.2) is 5.84 Å². The lowest BCUT2D eigenvalue weighted by atomic mass is 10.1. The van der Waals surface area contributed by atoms with Crippen LogP contribution in [0.25, 0.3) is 11.8 Å². The number of fused-ring (bicyclic) bond motifs is 1. The van der Waals surface area contributed by atoms with E-state index < -0.39 is 11.7 Å². The first-order valence-corrected chi connectivity index (χ1v) is 10.7. The molecule has 8 heteroatoms. The summed E-state index contributed by atoms with van der Waals surface area (Å²) in [6.07, 6.45) is 1.67. The van der Waals surface area contributed by atoms with Gasteiger partial charge in [-0.2, -0.15) is 15.1 Å². The highest BCUT2D eigenvalue weighted by Gasteiger charge is 2.36. The number of hydrogen-bond donors (Lipinski definition) is 1. The summed E-state index contributed by atoms with van der Waals surface area (Å²) in [7, 11) is 0. The fourth-order valence-electron chi connectivity index (χ4n) is 3.80. The Labute approximate surface area is 188 Å². The van der Waals surface area contributed by atoms with Crippen LogP contribution in [-0.2, 0) is 4.79 Å². The largest absolute Gasteiger partial charge is 0.318 e. The van der Waals surface area contributed by atoms with Crippen molar-refractivity contribution in [3.63, 3.8) is 0 Å². The number of hydrogen-bond acceptors (Lipinski definition) is 4. The Morgan fingerprint density at radius 1 is 1.06 bits per heavy atom. The summed E-state index contributed by atoms with van der Waals surface area (Å²) < 4.78 is 16.3. The van der Waals surface area contributed by atoms with E-state index in [9.17, 15) is 9.18 Å². The lowest BCUT2D eigenvalue weighted by molar-refractivity contribution is -0.114. The van der Waals surface area contributed by atoms with Crippen molar-refractivity contribution >= 4 is 39.8 Å². The summed E-state index contributed by atoms with van der Waals surface area (Å²) in [5.74, 6) is -1.01. The third-order valence-electron chi connectivity index (χ3n) is 5.34. The fraction of sp³-hybridized carbons (Fsp3) is 0.0833. The second-order valence-electron chi connectivity index (χ2n) is 7.40. The number of halogens is 1. The smallest absolute Gasteiger partial charge is 0.283 e. The Kier molecular flexibility index (Phi) is 4.86. The molecule has 1 amide bonds. The topological polar surface area (TPSA) is 73.8 Å². The van der Waals surface area contributed by atoms with Gasteiger partial charge >= 0.3 is 0 Å². The SMILES string of the molecule is Cc1cc(C=C2C(=N)N3N=C(c4ccccc4F)SC3=NC2=O)c(C)n1-c1ccccc1. The zero-order valence-electron chi connectivity index (χ0n) is 17.3. The van der Waals surface area contributed by atoms with Gasteiger partial charge < -0.3 is 4.57 Å². The van der Waals surface area contributed by atoms with Crippen molar-refractivity contribution in [1.82, 2.24) is 9.58 Å². The number of amidine groups is 2. The lowest BCUT2D eigenvalue weighted by Gasteiger charge is -2.20. The van der Waals surface area contributed by atoms with Crippen LogP contribution in [0.3, 0.4) is 0 Å². The summed E-state index contributed by atoms with van der Waals surface area (Å²) in [5.41, 5.74) is 4.25. The molecule has 3 heterocycles. The molecule has 2 aliphatic heterocycles. The van der Waals surface area contributed by atoms with Gasteiger partial charge in [0.2, 0.25) is 5.17 Å². The zero-order valence-corrected chi connectivity index (χ0v) is 18.2. The van der Waals surface area contributed by atoms with Gasteiger partial charge in [-0.15, -0.1) is 0 Å². The van der Waals surface area contributed by atoms with E-state index in [1.807, 2.05) is 50.2 Å². The normalized spacial score (nSPS) is 17.0. The third-order valence-corrected chi connectivity index (χ3v) is 6.28. The molecule has 0 radical (unpaired) electrons. The van der Waals surface area contributed by atoms with Gasteiger partial charge in [-0.3, -0.25) is 10.2 Å². The Hall–Kier alpha value is -3.78. The molecule has 0 unspecified atom stereocenters. The van der Waals surface area contributed by atoms with Crippen LogP contribution in [0.4, 0.5) is 4.39 Å². The van der Waals surface area contributed by atoms with Gasteiger partial charge in [0.25, 0.3) is 5.91 Å². The molecular weight excluding hydrogens is 425 g/mol. The van der Waals surface area contributed by atoms with Crippen LogP contribution >= 0.6 is 11.8 Å². The highest BCUT2D eigenvalue weighted by molar-refractivity contribution is 8.27. The van der Waals surface area contributed by atoms with Gasteiger partial charge in [0.05, 0.1) is 5.57 Å². The first-order valence-electron chi connectivity index (χ1n) is 9.93. The van der Waals surface area contributed by atoms with E-state index in [2.05, 4.69) is 14.7 Å².